The Morgan fingerprint density at radius 1 is 1.23 bits per heavy atom. The van der Waals surface area contributed by atoms with Crippen molar-refractivity contribution in [3.8, 4) is 0 Å². The fourth-order valence-corrected chi connectivity index (χ4v) is 2.80. The number of benzene rings is 1. The number of aromatic nitrogens is 2. The third-order valence-corrected chi connectivity index (χ3v) is 4.58. The van der Waals surface area contributed by atoms with Crippen LogP contribution < -0.4 is 16.1 Å². The third-order valence-electron chi connectivity index (χ3n) is 3.89. The zero-order valence-corrected chi connectivity index (χ0v) is 16.5. The van der Waals surface area contributed by atoms with Crippen LogP contribution in [0.2, 0.25) is 0 Å². The molecule has 4 N–H and O–H groups in total. The van der Waals surface area contributed by atoms with Gasteiger partial charge in [-0.2, -0.15) is 16.4 Å². The van der Waals surface area contributed by atoms with Crippen LogP contribution in [-0.4, -0.2) is 34.2 Å². The fraction of sp³-hybridized carbons (Fsp3) is 0.421. The van der Waals surface area contributed by atoms with Gasteiger partial charge in [0, 0.05) is 25.1 Å². The number of nitrogens with one attached hydrogen (secondary N) is 4. The first-order chi connectivity index (χ1) is 12.5. The van der Waals surface area contributed by atoms with E-state index in [1.165, 1.54) is 4.68 Å². The highest BCUT2D eigenvalue weighted by molar-refractivity contribution is 7.98. The van der Waals surface area contributed by atoms with Crippen molar-refractivity contribution in [3.05, 3.63) is 47.4 Å². The molecule has 0 atom stereocenters. The van der Waals surface area contributed by atoms with Crippen LogP contribution in [0.15, 0.2) is 36.4 Å². The van der Waals surface area contributed by atoms with E-state index < -0.39 is 0 Å². The van der Waals surface area contributed by atoms with Gasteiger partial charge < -0.3 is 10.6 Å². The summed E-state index contributed by atoms with van der Waals surface area (Å²) in [6.45, 7) is 5.31. The highest BCUT2D eigenvalue weighted by Crippen LogP contribution is 2.11. The van der Waals surface area contributed by atoms with Crippen molar-refractivity contribution < 1.29 is 0 Å². The van der Waals surface area contributed by atoms with E-state index in [1.54, 1.807) is 0 Å². The lowest BCUT2D eigenvalue weighted by Gasteiger charge is -2.16. The van der Waals surface area contributed by atoms with E-state index in [-0.39, 0.29) is 11.4 Å². The topological polar surface area (TPSA) is 89.6 Å². The van der Waals surface area contributed by atoms with Crippen molar-refractivity contribution in [2.24, 2.45) is 5.92 Å². The summed E-state index contributed by atoms with van der Waals surface area (Å²) >= 11 is 1.82. The molecule has 0 unspecified atom stereocenters. The molecule has 0 spiro atoms. The molecule has 0 amide bonds. The van der Waals surface area contributed by atoms with Gasteiger partial charge in [-0.3, -0.25) is 10.8 Å². The van der Waals surface area contributed by atoms with Crippen molar-refractivity contribution >= 4 is 29.1 Å². The normalized spacial score (nSPS) is 10.8. The minimum Gasteiger partial charge on any atom is -0.378 e. The van der Waals surface area contributed by atoms with Crippen LogP contribution in [0, 0.1) is 16.7 Å². The molecule has 1 aromatic heterocycles. The Balaban J connectivity index is 2.24. The smallest absolute Gasteiger partial charge is 0.171 e. The van der Waals surface area contributed by atoms with Crippen LogP contribution in [0.5, 0.6) is 0 Å². The third kappa shape index (κ3) is 5.62. The molecule has 0 aliphatic carbocycles. The first-order valence-corrected chi connectivity index (χ1v) is 10.2. The maximum atomic E-state index is 8.44. The zero-order valence-electron chi connectivity index (χ0n) is 15.7. The molecular formula is C19H28N6S. The van der Waals surface area contributed by atoms with Crippen LogP contribution in [-0.2, 0) is 6.54 Å². The highest BCUT2D eigenvalue weighted by Gasteiger charge is 2.12. The molecule has 0 fully saturated rings. The molecule has 7 heteroatoms. The Labute approximate surface area is 159 Å². The van der Waals surface area contributed by atoms with Crippen LogP contribution in [0.4, 0.5) is 11.5 Å². The summed E-state index contributed by atoms with van der Waals surface area (Å²) in [5.41, 5.74) is 2.01. The minimum absolute atomic E-state index is 0.00897. The average molecular weight is 373 g/mol. The summed E-state index contributed by atoms with van der Waals surface area (Å²) in [6, 6.07) is 11.9. The largest absolute Gasteiger partial charge is 0.378 e. The van der Waals surface area contributed by atoms with E-state index in [9.17, 15) is 0 Å². The van der Waals surface area contributed by atoms with Crippen molar-refractivity contribution in [2.75, 3.05) is 29.2 Å². The van der Waals surface area contributed by atoms with E-state index >= 15 is 0 Å². The van der Waals surface area contributed by atoms with Crippen molar-refractivity contribution in [1.82, 2.24) is 9.78 Å². The van der Waals surface area contributed by atoms with Crippen LogP contribution in [0.3, 0.4) is 0 Å². The van der Waals surface area contributed by atoms with Gasteiger partial charge in [-0.1, -0.05) is 44.2 Å². The quantitative estimate of drug-likeness (QED) is 0.307. The number of nitrogens with zero attached hydrogens (tertiary/aromatic N) is 2. The van der Waals surface area contributed by atoms with E-state index in [4.69, 9.17) is 10.8 Å². The Hall–Kier alpha value is -2.28. The summed E-state index contributed by atoms with van der Waals surface area (Å²) in [5.74, 6) is 2.07. The van der Waals surface area contributed by atoms with Gasteiger partial charge in [0.2, 0.25) is 0 Å². The molecule has 1 heterocycles. The van der Waals surface area contributed by atoms with Gasteiger partial charge in [0.05, 0.1) is 5.69 Å². The molecule has 0 bridgehead atoms. The molecular weight excluding hydrogens is 344 g/mol. The number of hydrogen-bond acceptors (Lipinski definition) is 6. The van der Waals surface area contributed by atoms with Gasteiger partial charge in [0.1, 0.15) is 11.7 Å². The second-order valence-electron chi connectivity index (χ2n) is 6.36. The maximum Gasteiger partial charge on any atom is 0.171 e. The van der Waals surface area contributed by atoms with Crippen molar-refractivity contribution in [2.45, 2.75) is 26.8 Å². The monoisotopic (exact) mass is 372 g/mol. The Morgan fingerprint density at radius 3 is 2.62 bits per heavy atom. The molecule has 0 saturated heterocycles. The first kappa shape index (κ1) is 20.0. The van der Waals surface area contributed by atoms with Gasteiger partial charge in [0.15, 0.2) is 5.49 Å². The summed E-state index contributed by atoms with van der Waals surface area (Å²) in [7, 11) is 0. The molecule has 0 aliphatic rings. The van der Waals surface area contributed by atoms with E-state index in [0.29, 0.717) is 23.9 Å². The van der Waals surface area contributed by atoms with Gasteiger partial charge in [0.25, 0.3) is 0 Å². The minimum atomic E-state index is -0.00897. The molecule has 26 heavy (non-hydrogen) atoms. The Kier molecular flexibility index (Phi) is 7.72. The molecule has 2 aromatic rings. The molecule has 0 aliphatic heterocycles. The maximum absolute atomic E-state index is 8.44. The number of anilines is 2. The number of thioether (sulfide) groups is 1. The molecule has 0 saturated carbocycles. The molecule has 6 nitrogen and oxygen atoms in total. The predicted octanol–water partition coefficient (Wildman–Crippen LogP) is 3.62. The molecule has 2 rings (SSSR count). The lowest BCUT2D eigenvalue weighted by atomic mass is 10.2. The molecule has 140 valence electrons. The van der Waals surface area contributed by atoms with Crippen LogP contribution in [0.25, 0.3) is 0 Å². The summed E-state index contributed by atoms with van der Waals surface area (Å²) < 4.78 is 1.41. The van der Waals surface area contributed by atoms with E-state index in [2.05, 4.69) is 22.0 Å². The van der Waals surface area contributed by atoms with Crippen molar-refractivity contribution in [3.63, 3.8) is 0 Å². The van der Waals surface area contributed by atoms with E-state index in [1.807, 2.05) is 62.0 Å². The van der Waals surface area contributed by atoms with Gasteiger partial charge in [-0.25, -0.2) is 0 Å². The average Bonchev–Trinajstić information content (AvgIpc) is 2.65. The lowest BCUT2D eigenvalue weighted by Crippen LogP contribution is -2.34. The van der Waals surface area contributed by atoms with Gasteiger partial charge in [-0.15, -0.1) is 5.10 Å². The zero-order chi connectivity index (χ0) is 18.9. The van der Waals surface area contributed by atoms with Crippen LogP contribution in [0.1, 0.15) is 25.8 Å². The lowest BCUT2D eigenvalue weighted by molar-refractivity contribution is 0.730. The highest BCUT2D eigenvalue weighted by atomic mass is 32.2. The Bertz CT molecular complexity index is 769. The molecule has 0 radical (unpaired) electrons. The molecule has 1 aromatic carbocycles. The second kappa shape index (κ2) is 10.0. The fourth-order valence-electron chi connectivity index (χ4n) is 2.37. The Morgan fingerprint density at radius 2 is 1.96 bits per heavy atom. The summed E-state index contributed by atoms with van der Waals surface area (Å²) in [6.07, 6.45) is 3.14. The van der Waals surface area contributed by atoms with Crippen molar-refractivity contribution in [1.29, 1.82) is 10.8 Å². The predicted molar refractivity (Wildman–Crippen MR) is 111 cm³/mol. The first-order valence-electron chi connectivity index (χ1n) is 8.81. The van der Waals surface area contributed by atoms with Gasteiger partial charge in [-0.05, 0) is 24.0 Å². The number of hydrogen-bond donors (Lipinski definition) is 4. The standard InChI is InChI=1S/C19H28N6S/c1-14(2)18(20)25-19(21)16(23-13-15-8-5-4-6-9-15)12-17(24-25)22-10-7-11-26-3/h4-6,8-9,12,14,20-21,23H,7,10-11,13H2,1-3H3,(H,22,24). The number of rotatable bonds is 9. The second-order valence-corrected chi connectivity index (χ2v) is 7.34. The van der Waals surface area contributed by atoms with Crippen LogP contribution >= 0.6 is 11.8 Å². The SMILES string of the molecule is CSCCCNc1cc(NCc2ccccc2)c(=N)n(C(=N)C(C)C)n1. The van der Waals surface area contributed by atoms with Gasteiger partial charge >= 0.3 is 0 Å². The summed E-state index contributed by atoms with van der Waals surface area (Å²) in [5, 5.41) is 27.8. The summed E-state index contributed by atoms with van der Waals surface area (Å²) in [4.78, 5) is 0. The van der Waals surface area contributed by atoms with E-state index in [0.717, 1.165) is 24.3 Å².